The zero-order valence-electron chi connectivity index (χ0n) is 10.6. The first-order valence-corrected chi connectivity index (χ1v) is 5.63. The van der Waals surface area contributed by atoms with Crippen molar-refractivity contribution < 1.29 is 9.47 Å². The molecule has 0 unspecified atom stereocenters. The third-order valence-electron chi connectivity index (χ3n) is 2.49. The molecule has 0 saturated heterocycles. The second-order valence-electron chi connectivity index (χ2n) is 3.60. The summed E-state index contributed by atoms with van der Waals surface area (Å²) >= 11 is 0. The number of hydrogen-bond acceptors (Lipinski definition) is 7. The fourth-order valence-electron chi connectivity index (χ4n) is 1.60. The number of nitrogens with zero attached hydrogens (tertiary/aromatic N) is 5. The van der Waals surface area contributed by atoms with Crippen LogP contribution in [0.25, 0.3) is 11.2 Å². The summed E-state index contributed by atoms with van der Waals surface area (Å²) in [4.78, 5) is 8.31. The molecule has 2 aromatic heterocycles. The van der Waals surface area contributed by atoms with Gasteiger partial charge in [-0.2, -0.15) is 0 Å². The lowest BCUT2D eigenvalue weighted by atomic mass is 10.4. The summed E-state index contributed by atoms with van der Waals surface area (Å²) in [5.74, 6) is 0.681. The minimum atomic E-state index is -0.382. The average molecular weight is 252 g/mol. The molecule has 0 saturated carbocycles. The highest BCUT2D eigenvalue weighted by molar-refractivity contribution is 5.81. The van der Waals surface area contributed by atoms with Gasteiger partial charge in [0.2, 0.25) is 0 Å². The van der Waals surface area contributed by atoms with E-state index in [0.717, 1.165) is 6.54 Å². The number of nitrogens with one attached hydrogen (secondary N) is 1. The zero-order chi connectivity index (χ0) is 13.0. The van der Waals surface area contributed by atoms with Gasteiger partial charge in [-0.25, -0.2) is 14.6 Å². The quantitative estimate of drug-likeness (QED) is 0.738. The van der Waals surface area contributed by atoms with E-state index < -0.39 is 0 Å². The van der Waals surface area contributed by atoms with Gasteiger partial charge < -0.3 is 14.8 Å². The monoisotopic (exact) mass is 252 g/mol. The molecule has 98 valence electrons. The molecule has 0 fully saturated rings. The van der Waals surface area contributed by atoms with Gasteiger partial charge in [-0.3, -0.25) is 0 Å². The molecule has 0 aliphatic carbocycles. The second kappa shape index (κ2) is 5.69. The second-order valence-corrected chi connectivity index (χ2v) is 3.60. The molecule has 0 radical (unpaired) electrons. The van der Waals surface area contributed by atoms with Crippen molar-refractivity contribution in [2.24, 2.45) is 0 Å². The van der Waals surface area contributed by atoms with Gasteiger partial charge in [-0.15, -0.1) is 5.10 Å². The van der Waals surface area contributed by atoms with Crippen molar-refractivity contribution >= 4 is 17.0 Å². The normalized spacial score (nSPS) is 11.3. The van der Waals surface area contributed by atoms with Crippen molar-refractivity contribution in [1.82, 2.24) is 25.0 Å². The van der Waals surface area contributed by atoms with Gasteiger partial charge in [-0.05, 0) is 6.92 Å². The highest BCUT2D eigenvalue weighted by atomic mass is 16.7. The predicted molar refractivity (Wildman–Crippen MR) is 65.1 cm³/mol. The Kier molecular flexibility index (Phi) is 4.00. The van der Waals surface area contributed by atoms with Gasteiger partial charge in [0.15, 0.2) is 23.3 Å². The van der Waals surface area contributed by atoms with E-state index in [1.807, 2.05) is 6.92 Å². The molecule has 8 nitrogen and oxygen atoms in total. The summed E-state index contributed by atoms with van der Waals surface area (Å²) < 4.78 is 11.9. The third kappa shape index (κ3) is 2.39. The van der Waals surface area contributed by atoms with Crippen molar-refractivity contribution in [2.75, 3.05) is 26.1 Å². The van der Waals surface area contributed by atoms with Crippen LogP contribution in [-0.2, 0) is 16.0 Å². The van der Waals surface area contributed by atoms with Crippen LogP contribution in [0.4, 0.5) is 5.82 Å². The Balaban J connectivity index is 2.33. The molecule has 0 aliphatic heterocycles. The van der Waals surface area contributed by atoms with E-state index in [4.69, 9.17) is 9.47 Å². The lowest BCUT2D eigenvalue weighted by Crippen LogP contribution is -2.21. The highest BCUT2D eigenvalue weighted by Crippen LogP contribution is 2.15. The van der Waals surface area contributed by atoms with Crippen LogP contribution in [0.1, 0.15) is 6.92 Å². The maximum Gasteiger partial charge on any atom is 0.184 e. The number of fused-ring (bicyclic) bond motifs is 1. The Morgan fingerprint density at radius 3 is 2.78 bits per heavy atom. The van der Waals surface area contributed by atoms with Gasteiger partial charge in [0.05, 0.1) is 6.54 Å². The minimum absolute atomic E-state index is 0.382. The van der Waals surface area contributed by atoms with Crippen molar-refractivity contribution in [1.29, 1.82) is 0 Å². The maximum atomic E-state index is 5.13. The Bertz CT molecular complexity index is 510. The van der Waals surface area contributed by atoms with Gasteiger partial charge in [0, 0.05) is 20.8 Å². The molecular weight excluding hydrogens is 236 g/mol. The number of anilines is 1. The first-order valence-electron chi connectivity index (χ1n) is 5.63. The van der Waals surface area contributed by atoms with Crippen LogP contribution >= 0.6 is 0 Å². The van der Waals surface area contributed by atoms with Gasteiger partial charge in [0.1, 0.15) is 6.33 Å². The van der Waals surface area contributed by atoms with E-state index in [0.29, 0.717) is 23.5 Å². The first kappa shape index (κ1) is 12.7. The molecule has 0 bridgehead atoms. The summed E-state index contributed by atoms with van der Waals surface area (Å²) in [6, 6.07) is 0. The summed E-state index contributed by atoms with van der Waals surface area (Å²) in [6.45, 7) is 3.17. The average Bonchev–Trinajstić information content (AvgIpc) is 2.80. The Hall–Kier alpha value is -1.80. The van der Waals surface area contributed by atoms with Crippen LogP contribution in [-0.4, -0.2) is 52.0 Å². The van der Waals surface area contributed by atoms with Crippen LogP contribution < -0.4 is 5.32 Å². The molecule has 18 heavy (non-hydrogen) atoms. The van der Waals surface area contributed by atoms with E-state index in [1.54, 1.807) is 18.9 Å². The molecule has 2 rings (SSSR count). The van der Waals surface area contributed by atoms with Gasteiger partial charge in [0.25, 0.3) is 0 Å². The standard InChI is InChI=1S/C10H16N6O2/c1-4-11-9-8-10(13-6-12-9)16(15-14-8)5-7(17-2)18-3/h6-7H,4-5H2,1-3H3,(H,11,12,13). The van der Waals surface area contributed by atoms with Crippen LogP contribution in [0.3, 0.4) is 0 Å². The van der Waals surface area contributed by atoms with E-state index in [1.165, 1.54) is 6.33 Å². The molecule has 2 heterocycles. The van der Waals surface area contributed by atoms with Crippen LogP contribution in [0, 0.1) is 0 Å². The SMILES string of the molecule is CCNc1ncnc2c1nnn2CC(OC)OC. The summed E-state index contributed by atoms with van der Waals surface area (Å²) in [7, 11) is 3.15. The topological polar surface area (TPSA) is 87.0 Å². The van der Waals surface area contributed by atoms with Gasteiger partial charge in [-0.1, -0.05) is 5.21 Å². The molecule has 1 N–H and O–H groups in total. The lowest BCUT2D eigenvalue weighted by molar-refractivity contribution is -0.112. The van der Waals surface area contributed by atoms with Gasteiger partial charge >= 0.3 is 0 Å². The minimum Gasteiger partial charge on any atom is -0.368 e. The smallest absolute Gasteiger partial charge is 0.184 e. The predicted octanol–water partition coefficient (Wildman–Crippen LogP) is 0.272. The fourth-order valence-corrected chi connectivity index (χ4v) is 1.60. The summed E-state index contributed by atoms with van der Waals surface area (Å²) in [5, 5.41) is 11.2. The fraction of sp³-hybridized carbons (Fsp3) is 0.600. The molecule has 2 aromatic rings. The third-order valence-corrected chi connectivity index (χ3v) is 2.49. The van der Waals surface area contributed by atoms with E-state index in [9.17, 15) is 0 Å². The molecule has 0 aromatic carbocycles. The number of aromatic nitrogens is 5. The van der Waals surface area contributed by atoms with Crippen LogP contribution in [0.5, 0.6) is 0 Å². The highest BCUT2D eigenvalue weighted by Gasteiger charge is 2.14. The van der Waals surface area contributed by atoms with Crippen LogP contribution in [0.2, 0.25) is 0 Å². The van der Waals surface area contributed by atoms with E-state index in [-0.39, 0.29) is 6.29 Å². The molecule has 8 heteroatoms. The Morgan fingerprint density at radius 1 is 1.33 bits per heavy atom. The molecule has 0 amide bonds. The largest absolute Gasteiger partial charge is 0.368 e. The number of hydrogen-bond donors (Lipinski definition) is 1. The van der Waals surface area contributed by atoms with Crippen molar-refractivity contribution in [2.45, 2.75) is 19.8 Å². The van der Waals surface area contributed by atoms with Crippen molar-refractivity contribution in [3.05, 3.63) is 6.33 Å². The lowest BCUT2D eigenvalue weighted by Gasteiger charge is -2.12. The number of rotatable bonds is 6. The maximum absolute atomic E-state index is 5.13. The summed E-state index contributed by atoms with van der Waals surface area (Å²) in [5.41, 5.74) is 1.30. The molecule has 0 spiro atoms. The molecular formula is C10H16N6O2. The Labute approximate surface area is 104 Å². The first-order chi connectivity index (χ1) is 8.80. The Morgan fingerprint density at radius 2 is 2.11 bits per heavy atom. The zero-order valence-corrected chi connectivity index (χ0v) is 10.6. The number of ether oxygens (including phenoxy) is 2. The summed E-state index contributed by atoms with van der Waals surface area (Å²) in [6.07, 6.45) is 1.10. The van der Waals surface area contributed by atoms with Crippen LogP contribution in [0.15, 0.2) is 6.33 Å². The van der Waals surface area contributed by atoms with E-state index in [2.05, 4.69) is 25.6 Å². The number of methoxy groups -OCH3 is 2. The van der Waals surface area contributed by atoms with Crippen molar-refractivity contribution in [3.63, 3.8) is 0 Å². The van der Waals surface area contributed by atoms with Crippen molar-refractivity contribution in [3.8, 4) is 0 Å². The molecule has 0 atom stereocenters. The van der Waals surface area contributed by atoms with E-state index >= 15 is 0 Å². The molecule has 0 aliphatic rings.